The standard InChI is InChI=1S/C22H25NO4/c1-15(13-17-9-11-18(12-10-17)16(2)24)23-14-20(19-7-5-4-6-8-19)27-21(23)22(25)26-3/h4-12,15,20-21H,13-14H2,1-3H3. The van der Waals surface area contributed by atoms with Crippen molar-refractivity contribution >= 4 is 11.8 Å². The lowest BCUT2D eigenvalue weighted by Gasteiger charge is -2.27. The lowest BCUT2D eigenvalue weighted by Crippen LogP contribution is -2.44. The number of Topliss-reactive ketones (excluding diaryl/α,β-unsaturated/α-hetero) is 1. The average Bonchev–Trinajstić information content (AvgIpc) is 3.14. The Morgan fingerprint density at radius 1 is 1.15 bits per heavy atom. The van der Waals surface area contributed by atoms with Crippen LogP contribution in [0, 0.1) is 0 Å². The van der Waals surface area contributed by atoms with Crippen LogP contribution in [-0.4, -0.2) is 42.6 Å². The first-order valence-corrected chi connectivity index (χ1v) is 9.13. The van der Waals surface area contributed by atoms with E-state index in [4.69, 9.17) is 9.47 Å². The molecule has 3 rings (SSSR count). The van der Waals surface area contributed by atoms with Crippen LogP contribution in [0.25, 0.3) is 0 Å². The van der Waals surface area contributed by atoms with Crippen LogP contribution in [0.4, 0.5) is 0 Å². The van der Waals surface area contributed by atoms with E-state index in [0.717, 1.165) is 17.5 Å². The molecule has 27 heavy (non-hydrogen) atoms. The molecule has 142 valence electrons. The van der Waals surface area contributed by atoms with Gasteiger partial charge < -0.3 is 9.47 Å². The second-order valence-corrected chi connectivity index (χ2v) is 6.91. The molecule has 5 nitrogen and oxygen atoms in total. The fourth-order valence-electron chi connectivity index (χ4n) is 3.45. The van der Waals surface area contributed by atoms with Crippen LogP contribution < -0.4 is 0 Å². The van der Waals surface area contributed by atoms with E-state index in [-0.39, 0.29) is 23.9 Å². The van der Waals surface area contributed by atoms with Gasteiger partial charge >= 0.3 is 5.97 Å². The maximum atomic E-state index is 12.3. The minimum absolute atomic E-state index is 0.0546. The number of hydrogen-bond acceptors (Lipinski definition) is 5. The molecule has 0 radical (unpaired) electrons. The lowest BCUT2D eigenvalue weighted by molar-refractivity contribution is -0.162. The molecule has 1 saturated heterocycles. The molecule has 3 unspecified atom stereocenters. The molecule has 0 N–H and O–H groups in total. The highest BCUT2D eigenvalue weighted by Crippen LogP contribution is 2.31. The van der Waals surface area contributed by atoms with Crippen LogP contribution in [0.15, 0.2) is 54.6 Å². The van der Waals surface area contributed by atoms with Crippen molar-refractivity contribution in [1.82, 2.24) is 4.90 Å². The highest BCUT2D eigenvalue weighted by Gasteiger charge is 2.41. The number of benzene rings is 2. The minimum atomic E-state index is -0.716. The molecule has 2 aromatic rings. The number of hydrogen-bond donors (Lipinski definition) is 0. The summed E-state index contributed by atoms with van der Waals surface area (Å²) < 4.78 is 11.0. The van der Waals surface area contributed by atoms with Gasteiger partial charge in [-0.3, -0.25) is 9.69 Å². The molecule has 1 heterocycles. The largest absolute Gasteiger partial charge is 0.466 e. The molecule has 5 heteroatoms. The molecule has 0 saturated carbocycles. The molecule has 2 aromatic carbocycles. The Balaban J connectivity index is 1.75. The Labute approximate surface area is 159 Å². The zero-order chi connectivity index (χ0) is 19.4. The van der Waals surface area contributed by atoms with Crippen molar-refractivity contribution in [2.45, 2.75) is 38.6 Å². The van der Waals surface area contributed by atoms with Gasteiger partial charge in [0.25, 0.3) is 0 Å². The zero-order valence-corrected chi connectivity index (χ0v) is 15.9. The maximum absolute atomic E-state index is 12.3. The highest BCUT2D eigenvalue weighted by atomic mass is 16.6. The average molecular weight is 367 g/mol. The second kappa shape index (κ2) is 8.46. The monoisotopic (exact) mass is 367 g/mol. The van der Waals surface area contributed by atoms with Gasteiger partial charge in [-0.15, -0.1) is 0 Å². The quantitative estimate of drug-likeness (QED) is 0.579. The van der Waals surface area contributed by atoms with Gasteiger partial charge in [-0.1, -0.05) is 54.6 Å². The fraction of sp³-hybridized carbons (Fsp3) is 0.364. The maximum Gasteiger partial charge on any atom is 0.350 e. The number of esters is 1. The Morgan fingerprint density at radius 3 is 2.41 bits per heavy atom. The smallest absolute Gasteiger partial charge is 0.350 e. The van der Waals surface area contributed by atoms with Gasteiger partial charge in [0.05, 0.1) is 13.2 Å². The van der Waals surface area contributed by atoms with Crippen LogP contribution in [-0.2, 0) is 20.7 Å². The molecule has 0 amide bonds. The van der Waals surface area contributed by atoms with Gasteiger partial charge in [-0.2, -0.15) is 0 Å². The topological polar surface area (TPSA) is 55.8 Å². The molecule has 0 aliphatic carbocycles. The summed E-state index contributed by atoms with van der Waals surface area (Å²) in [6.07, 6.45) is -0.138. The van der Waals surface area contributed by atoms with Crippen molar-refractivity contribution in [2.24, 2.45) is 0 Å². The SMILES string of the molecule is COC(=O)C1OC(c2ccccc2)CN1C(C)Cc1ccc(C(C)=O)cc1. The predicted octanol–water partition coefficient (Wildman–Crippen LogP) is 3.39. The third kappa shape index (κ3) is 4.43. The van der Waals surface area contributed by atoms with Crippen LogP contribution in [0.3, 0.4) is 0 Å². The molecule has 0 bridgehead atoms. The van der Waals surface area contributed by atoms with Crippen molar-refractivity contribution in [1.29, 1.82) is 0 Å². The molecular weight excluding hydrogens is 342 g/mol. The van der Waals surface area contributed by atoms with Gasteiger partial charge in [0.15, 0.2) is 5.78 Å². The van der Waals surface area contributed by atoms with Crippen molar-refractivity contribution in [2.75, 3.05) is 13.7 Å². The first kappa shape index (κ1) is 19.3. The Morgan fingerprint density at radius 2 is 1.81 bits per heavy atom. The van der Waals surface area contributed by atoms with Crippen molar-refractivity contribution in [3.8, 4) is 0 Å². The molecule has 3 atom stereocenters. The van der Waals surface area contributed by atoms with E-state index in [9.17, 15) is 9.59 Å². The number of methoxy groups -OCH3 is 1. The summed E-state index contributed by atoms with van der Waals surface area (Å²) in [5.74, 6) is -0.328. The Kier molecular flexibility index (Phi) is 6.04. The number of carbonyl (C=O) groups excluding carboxylic acids is 2. The Bertz CT molecular complexity index is 788. The summed E-state index contributed by atoms with van der Waals surface area (Å²) in [6, 6.07) is 17.6. The van der Waals surface area contributed by atoms with Crippen LogP contribution in [0.1, 0.15) is 41.4 Å². The van der Waals surface area contributed by atoms with Gasteiger partial charge in [-0.25, -0.2) is 4.79 Å². The number of ketones is 1. The van der Waals surface area contributed by atoms with Crippen LogP contribution >= 0.6 is 0 Å². The third-order valence-corrected chi connectivity index (χ3v) is 5.00. The number of ether oxygens (including phenoxy) is 2. The fourth-order valence-corrected chi connectivity index (χ4v) is 3.45. The molecule has 1 aliphatic rings. The van der Waals surface area contributed by atoms with Gasteiger partial charge in [-0.05, 0) is 31.4 Å². The number of carbonyl (C=O) groups is 2. The molecule has 1 fully saturated rings. The molecule has 0 spiro atoms. The summed E-state index contributed by atoms with van der Waals surface area (Å²) in [5.41, 5.74) is 2.86. The second-order valence-electron chi connectivity index (χ2n) is 6.91. The predicted molar refractivity (Wildman–Crippen MR) is 102 cm³/mol. The van der Waals surface area contributed by atoms with E-state index in [1.165, 1.54) is 7.11 Å². The van der Waals surface area contributed by atoms with E-state index in [0.29, 0.717) is 12.1 Å². The summed E-state index contributed by atoms with van der Waals surface area (Å²) in [6.45, 7) is 4.26. The Hall–Kier alpha value is -2.50. The number of nitrogens with zero attached hydrogens (tertiary/aromatic N) is 1. The van der Waals surface area contributed by atoms with E-state index < -0.39 is 6.23 Å². The summed E-state index contributed by atoms with van der Waals surface area (Å²) in [5, 5.41) is 0. The zero-order valence-electron chi connectivity index (χ0n) is 15.9. The highest BCUT2D eigenvalue weighted by molar-refractivity contribution is 5.94. The van der Waals surface area contributed by atoms with Crippen molar-refractivity contribution in [3.05, 3.63) is 71.3 Å². The van der Waals surface area contributed by atoms with E-state index in [2.05, 4.69) is 6.92 Å². The van der Waals surface area contributed by atoms with E-state index >= 15 is 0 Å². The first-order chi connectivity index (χ1) is 13.0. The summed E-state index contributed by atoms with van der Waals surface area (Å²) >= 11 is 0. The third-order valence-electron chi connectivity index (χ3n) is 5.00. The van der Waals surface area contributed by atoms with Crippen LogP contribution in [0.2, 0.25) is 0 Å². The van der Waals surface area contributed by atoms with Gasteiger partial charge in [0.1, 0.15) is 0 Å². The molecule has 0 aromatic heterocycles. The lowest BCUT2D eigenvalue weighted by atomic mass is 10.0. The van der Waals surface area contributed by atoms with Crippen LogP contribution in [0.5, 0.6) is 0 Å². The van der Waals surface area contributed by atoms with E-state index in [1.54, 1.807) is 6.92 Å². The first-order valence-electron chi connectivity index (χ1n) is 9.13. The van der Waals surface area contributed by atoms with Crippen molar-refractivity contribution < 1.29 is 19.1 Å². The van der Waals surface area contributed by atoms with Crippen molar-refractivity contribution in [3.63, 3.8) is 0 Å². The summed E-state index contributed by atoms with van der Waals surface area (Å²) in [7, 11) is 1.38. The summed E-state index contributed by atoms with van der Waals surface area (Å²) in [4.78, 5) is 25.7. The van der Waals surface area contributed by atoms with Gasteiger partial charge in [0, 0.05) is 18.2 Å². The number of rotatable bonds is 6. The van der Waals surface area contributed by atoms with Gasteiger partial charge in [0.2, 0.25) is 6.23 Å². The minimum Gasteiger partial charge on any atom is -0.466 e. The molecule has 1 aliphatic heterocycles. The van der Waals surface area contributed by atoms with E-state index in [1.807, 2.05) is 59.5 Å². The molecular formula is C22H25NO4. The normalized spacial score (nSPS) is 21.0.